The summed E-state index contributed by atoms with van der Waals surface area (Å²) in [6, 6.07) is 6.23. The third kappa shape index (κ3) is 3.12. The Kier molecular flexibility index (Phi) is 4.52. The topological polar surface area (TPSA) is 55.9 Å². The van der Waals surface area contributed by atoms with Gasteiger partial charge in [-0.05, 0) is 31.0 Å². The van der Waals surface area contributed by atoms with E-state index in [0.29, 0.717) is 18.0 Å². The number of nitrogens with one attached hydrogen (secondary N) is 1. The van der Waals surface area contributed by atoms with Crippen molar-refractivity contribution in [3.05, 3.63) is 52.6 Å². The smallest absolute Gasteiger partial charge is 0.123 e. The van der Waals surface area contributed by atoms with Crippen LogP contribution in [-0.4, -0.2) is 9.78 Å². The summed E-state index contributed by atoms with van der Waals surface area (Å²) in [7, 11) is 0. The molecule has 6 heteroatoms. The van der Waals surface area contributed by atoms with Crippen LogP contribution in [0.5, 0.6) is 0 Å². The molecule has 3 N–H and O–H groups in total. The normalized spacial score (nSPS) is 12.6. The quantitative estimate of drug-likeness (QED) is 0.654. The Bertz CT molecular complexity index is 555. The van der Waals surface area contributed by atoms with E-state index in [9.17, 15) is 4.39 Å². The van der Waals surface area contributed by atoms with E-state index in [1.54, 1.807) is 16.9 Å². The van der Waals surface area contributed by atoms with Crippen LogP contribution in [0.2, 0.25) is 5.02 Å². The molecule has 102 valence electrons. The molecular weight excluding hydrogens is 267 g/mol. The molecule has 0 spiro atoms. The number of nitrogens with zero attached hydrogens (tertiary/aromatic N) is 2. The van der Waals surface area contributed by atoms with Gasteiger partial charge in [-0.3, -0.25) is 16.0 Å². The number of halogens is 2. The third-order valence-corrected chi connectivity index (χ3v) is 3.28. The van der Waals surface area contributed by atoms with Crippen molar-refractivity contribution in [3.63, 3.8) is 0 Å². The molecule has 1 aromatic carbocycles. The Morgan fingerprint density at radius 3 is 2.95 bits per heavy atom. The average molecular weight is 283 g/mol. The molecule has 2 rings (SSSR count). The van der Waals surface area contributed by atoms with Crippen molar-refractivity contribution in [1.29, 1.82) is 0 Å². The minimum absolute atomic E-state index is 0.211. The summed E-state index contributed by atoms with van der Waals surface area (Å²) in [5.41, 5.74) is 4.39. The molecule has 2 aromatic rings. The molecule has 0 aliphatic rings. The lowest BCUT2D eigenvalue weighted by Crippen LogP contribution is -2.31. The van der Waals surface area contributed by atoms with Crippen LogP contribution in [0, 0.1) is 5.82 Å². The average Bonchev–Trinajstić information content (AvgIpc) is 2.77. The van der Waals surface area contributed by atoms with Gasteiger partial charge in [-0.25, -0.2) is 4.39 Å². The van der Waals surface area contributed by atoms with E-state index in [4.69, 9.17) is 17.4 Å². The standard InChI is InChI=1S/C13H16ClFN4/c1-2-19-13(11(14)8-17-19)12(18-16)7-9-4-3-5-10(15)6-9/h3-6,8,12,18H,2,7,16H2,1H3. The predicted molar refractivity (Wildman–Crippen MR) is 73.1 cm³/mol. The second-order valence-corrected chi connectivity index (χ2v) is 4.65. The maximum absolute atomic E-state index is 13.2. The fourth-order valence-corrected chi connectivity index (χ4v) is 2.38. The second-order valence-electron chi connectivity index (χ2n) is 4.25. The first-order valence-electron chi connectivity index (χ1n) is 6.07. The van der Waals surface area contributed by atoms with Gasteiger partial charge in [-0.1, -0.05) is 23.7 Å². The van der Waals surface area contributed by atoms with Crippen LogP contribution < -0.4 is 11.3 Å². The molecule has 0 amide bonds. The lowest BCUT2D eigenvalue weighted by Gasteiger charge is -2.18. The maximum atomic E-state index is 13.2. The molecule has 0 fully saturated rings. The predicted octanol–water partition coefficient (Wildman–Crippen LogP) is 2.44. The summed E-state index contributed by atoms with van der Waals surface area (Å²) in [5.74, 6) is 5.34. The molecule has 0 saturated heterocycles. The van der Waals surface area contributed by atoms with Gasteiger partial charge in [0.15, 0.2) is 0 Å². The fraction of sp³-hybridized carbons (Fsp3) is 0.308. The summed E-state index contributed by atoms with van der Waals surface area (Å²) in [6.07, 6.45) is 2.13. The Balaban J connectivity index is 2.27. The molecular formula is C13H16ClFN4. The Labute approximate surface area is 116 Å². The minimum Gasteiger partial charge on any atom is -0.271 e. The van der Waals surface area contributed by atoms with Crippen LogP contribution >= 0.6 is 11.6 Å². The van der Waals surface area contributed by atoms with Crippen LogP contribution in [0.15, 0.2) is 30.5 Å². The van der Waals surface area contributed by atoms with E-state index in [-0.39, 0.29) is 11.9 Å². The Hall–Kier alpha value is -1.43. The highest BCUT2D eigenvalue weighted by Crippen LogP contribution is 2.25. The zero-order valence-electron chi connectivity index (χ0n) is 10.6. The van der Waals surface area contributed by atoms with Gasteiger partial charge in [0.25, 0.3) is 0 Å². The lowest BCUT2D eigenvalue weighted by molar-refractivity contribution is 0.489. The lowest BCUT2D eigenvalue weighted by atomic mass is 10.0. The second kappa shape index (κ2) is 6.14. The summed E-state index contributed by atoms with van der Waals surface area (Å²) >= 11 is 6.14. The minimum atomic E-state index is -0.261. The molecule has 1 heterocycles. The van der Waals surface area contributed by atoms with Crippen molar-refractivity contribution in [1.82, 2.24) is 15.2 Å². The SMILES string of the molecule is CCn1ncc(Cl)c1C(Cc1cccc(F)c1)NN. The van der Waals surface area contributed by atoms with Crippen LogP contribution in [0.4, 0.5) is 4.39 Å². The van der Waals surface area contributed by atoms with E-state index < -0.39 is 0 Å². The largest absolute Gasteiger partial charge is 0.271 e. The van der Waals surface area contributed by atoms with Gasteiger partial charge in [0.2, 0.25) is 0 Å². The zero-order chi connectivity index (χ0) is 13.8. The Morgan fingerprint density at radius 1 is 1.53 bits per heavy atom. The van der Waals surface area contributed by atoms with E-state index in [0.717, 1.165) is 11.3 Å². The van der Waals surface area contributed by atoms with Crippen molar-refractivity contribution in [2.75, 3.05) is 0 Å². The summed E-state index contributed by atoms with van der Waals surface area (Å²) in [4.78, 5) is 0. The van der Waals surface area contributed by atoms with Gasteiger partial charge < -0.3 is 0 Å². The number of aromatic nitrogens is 2. The summed E-state index contributed by atoms with van der Waals surface area (Å²) < 4.78 is 15.0. The van der Waals surface area contributed by atoms with E-state index in [2.05, 4.69) is 10.5 Å². The van der Waals surface area contributed by atoms with Crippen LogP contribution in [0.25, 0.3) is 0 Å². The number of hydrogen-bond acceptors (Lipinski definition) is 3. The summed E-state index contributed by atoms with van der Waals surface area (Å²) in [5, 5.41) is 4.73. The molecule has 0 saturated carbocycles. The molecule has 1 unspecified atom stereocenters. The van der Waals surface area contributed by atoms with Crippen LogP contribution in [0.3, 0.4) is 0 Å². The van der Waals surface area contributed by atoms with Gasteiger partial charge in [0.05, 0.1) is 23.0 Å². The number of aryl methyl sites for hydroxylation is 1. The van der Waals surface area contributed by atoms with Gasteiger partial charge in [0, 0.05) is 6.54 Å². The fourth-order valence-electron chi connectivity index (χ4n) is 2.10. The first-order valence-corrected chi connectivity index (χ1v) is 6.45. The number of benzene rings is 1. The zero-order valence-corrected chi connectivity index (χ0v) is 11.4. The van der Waals surface area contributed by atoms with Crippen molar-refractivity contribution in [3.8, 4) is 0 Å². The monoisotopic (exact) mass is 282 g/mol. The van der Waals surface area contributed by atoms with Crippen molar-refractivity contribution >= 4 is 11.6 Å². The van der Waals surface area contributed by atoms with Gasteiger partial charge >= 0.3 is 0 Å². The van der Waals surface area contributed by atoms with E-state index in [1.165, 1.54) is 12.1 Å². The van der Waals surface area contributed by atoms with E-state index >= 15 is 0 Å². The van der Waals surface area contributed by atoms with Gasteiger partial charge in [0.1, 0.15) is 5.82 Å². The molecule has 1 atom stereocenters. The Morgan fingerprint density at radius 2 is 2.32 bits per heavy atom. The highest BCUT2D eigenvalue weighted by atomic mass is 35.5. The van der Waals surface area contributed by atoms with Gasteiger partial charge in [-0.2, -0.15) is 5.10 Å². The van der Waals surface area contributed by atoms with Crippen molar-refractivity contribution in [2.45, 2.75) is 25.9 Å². The molecule has 0 bridgehead atoms. The first kappa shape index (κ1) is 14.0. The first-order chi connectivity index (χ1) is 9.15. The molecule has 19 heavy (non-hydrogen) atoms. The highest BCUT2D eigenvalue weighted by molar-refractivity contribution is 6.31. The van der Waals surface area contributed by atoms with Crippen LogP contribution in [0.1, 0.15) is 24.2 Å². The number of rotatable bonds is 5. The molecule has 1 aromatic heterocycles. The molecule has 0 radical (unpaired) electrons. The summed E-state index contributed by atoms with van der Waals surface area (Å²) in [6.45, 7) is 2.67. The number of hydrazine groups is 1. The number of nitrogens with two attached hydrogens (primary N) is 1. The maximum Gasteiger partial charge on any atom is 0.123 e. The van der Waals surface area contributed by atoms with Gasteiger partial charge in [-0.15, -0.1) is 0 Å². The molecule has 0 aliphatic carbocycles. The van der Waals surface area contributed by atoms with Crippen LogP contribution in [-0.2, 0) is 13.0 Å². The highest BCUT2D eigenvalue weighted by Gasteiger charge is 2.19. The number of hydrogen-bond donors (Lipinski definition) is 2. The third-order valence-electron chi connectivity index (χ3n) is 2.99. The van der Waals surface area contributed by atoms with Crippen molar-refractivity contribution in [2.24, 2.45) is 5.84 Å². The van der Waals surface area contributed by atoms with Crippen molar-refractivity contribution < 1.29 is 4.39 Å². The molecule has 4 nitrogen and oxygen atoms in total. The van der Waals surface area contributed by atoms with E-state index in [1.807, 2.05) is 13.0 Å². The molecule has 0 aliphatic heterocycles.